The zero-order valence-corrected chi connectivity index (χ0v) is 14.7. The summed E-state index contributed by atoms with van der Waals surface area (Å²) < 4.78 is 0. The molecule has 0 saturated heterocycles. The average molecular weight is 310 g/mol. The summed E-state index contributed by atoms with van der Waals surface area (Å²) in [6.45, 7) is 7.83. The lowest BCUT2D eigenvalue weighted by Crippen LogP contribution is -2.44. The van der Waals surface area contributed by atoms with Crippen molar-refractivity contribution in [1.82, 2.24) is 15.2 Å². The number of nitrogens with one attached hydrogen (secondary N) is 1. The van der Waals surface area contributed by atoms with Crippen LogP contribution in [0.2, 0.25) is 0 Å². The fraction of sp³-hybridized carbons (Fsp3) is 0.824. The minimum Gasteiger partial charge on any atom is -0.314 e. The Kier molecular flexibility index (Phi) is 6.65. The van der Waals surface area contributed by atoms with Crippen molar-refractivity contribution < 1.29 is 0 Å². The van der Waals surface area contributed by atoms with Crippen molar-refractivity contribution in [2.24, 2.45) is 5.41 Å². The van der Waals surface area contributed by atoms with Gasteiger partial charge in [0.25, 0.3) is 0 Å². The normalized spacial score (nSPS) is 19.1. The van der Waals surface area contributed by atoms with Crippen LogP contribution in [0.3, 0.4) is 0 Å². The Hall–Kier alpha value is -0.450. The fourth-order valence-corrected chi connectivity index (χ4v) is 4.06. The van der Waals surface area contributed by atoms with E-state index in [0.29, 0.717) is 11.5 Å². The number of rotatable bonds is 7. The minimum atomic E-state index is 0.450. The van der Waals surface area contributed by atoms with E-state index < -0.39 is 0 Å². The van der Waals surface area contributed by atoms with E-state index in [9.17, 15) is 0 Å². The first-order valence-corrected chi connectivity index (χ1v) is 9.33. The smallest absolute Gasteiger partial charge is 0.0795 e. The molecule has 0 amide bonds. The van der Waals surface area contributed by atoms with Gasteiger partial charge in [-0.2, -0.15) is 0 Å². The van der Waals surface area contributed by atoms with Crippen LogP contribution in [0.1, 0.15) is 58.1 Å². The topological polar surface area (TPSA) is 28.2 Å². The van der Waals surface area contributed by atoms with Gasteiger partial charge in [0.2, 0.25) is 0 Å². The lowest BCUT2D eigenvalue weighted by atomic mass is 9.79. The van der Waals surface area contributed by atoms with Crippen LogP contribution in [0.25, 0.3) is 0 Å². The summed E-state index contributed by atoms with van der Waals surface area (Å²) in [6.07, 6.45) is 8.36. The van der Waals surface area contributed by atoms with Gasteiger partial charge in [0.1, 0.15) is 0 Å². The molecule has 0 spiro atoms. The quantitative estimate of drug-likeness (QED) is 0.774. The second-order valence-electron chi connectivity index (χ2n) is 7.10. The largest absolute Gasteiger partial charge is 0.314 e. The molecule has 1 saturated carbocycles. The molecule has 2 rings (SSSR count). The predicted octanol–water partition coefficient (Wildman–Crippen LogP) is 3.91. The molecule has 21 heavy (non-hydrogen) atoms. The van der Waals surface area contributed by atoms with Gasteiger partial charge >= 0.3 is 0 Å². The molecular formula is C17H31N3S. The van der Waals surface area contributed by atoms with Crippen LogP contribution < -0.4 is 5.32 Å². The Balaban J connectivity index is 1.96. The van der Waals surface area contributed by atoms with Gasteiger partial charge in [-0.15, -0.1) is 11.3 Å². The second-order valence-corrected chi connectivity index (χ2v) is 7.82. The Morgan fingerprint density at radius 3 is 2.57 bits per heavy atom. The molecule has 0 bridgehead atoms. The van der Waals surface area contributed by atoms with E-state index >= 15 is 0 Å². The first kappa shape index (κ1) is 16.9. The van der Waals surface area contributed by atoms with Crippen LogP contribution in [0.15, 0.2) is 10.9 Å². The second kappa shape index (κ2) is 8.25. The number of thiazole rings is 1. The molecule has 0 unspecified atom stereocenters. The van der Waals surface area contributed by atoms with Crippen molar-refractivity contribution in [2.45, 2.75) is 65.0 Å². The third-order valence-corrected chi connectivity index (χ3v) is 5.21. The van der Waals surface area contributed by atoms with Crippen LogP contribution in [0, 0.1) is 5.41 Å². The summed E-state index contributed by atoms with van der Waals surface area (Å²) in [6, 6.07) is 0.578. The number of hydrogen-bond acceptors (Lipinski definition) is 4. The van der Waals surface area contributed by atoms with Crippen LogP contribution in [-0.2, 0) is 6.54 Å². The molecule has 0 atom stereocenters. The molecule has 0 radical (unpaired) electrons. The van der Waals surface area contributed by atoms with Crippen LogP contribution in [0.5, 0.6) is 0 Å². The first-order valence-electron chi connectivity index (χ1n) is 8.39. The first-order chi connectivity index (χ1) is 10.1. The summed E-state index contributed by atoms with van der Waals surface area (Å²) in [5, 5.41) is 5.88. The highest BCUT2D eigenvalue weighted by Gasteiger charge is 2.32. The van der Waals surface area contributed by atoms with Gasteiger partial charge in [-0.3, -0.25) is 4.90 Å². The molecule has 1 aromatic rings. The molecule has 1 N–H and O–H groups in total. The number of hydrogen-bond donors (Lipinski definition) is 1. The summed E-state index contributed by atoms with van der Waals surface area (Å²) in [5.41, 5.74) is 3.60. The fourth-order valence-electron chi connectivity index (χ4n) is 3.51. The zero-order valence-electron chi connectivity index (χ0n) is 13.9. The standard InChI is InChI=1S/C17H31N3S/c1-15(2)18-12-17(8-6-4-5-7-9-17)13-20(3)10-16-11-21-14-19-16/h11,14-15,18H,4-10,12-13H2,1-3H3. The molecule has 4 heteroatoms. The Bertz CT molecular complexity index is 381. The predicted molar refractivity (Wildman–Crippen MR) is 91.7 cm³/mol. The van der Waals surface area contributed by atoms with Gasteiger partial charge in [0, 0.05) is 31.1 Å². The summed E-state index contributed by atoms with van der Waals surface area (Å²) in [5.74, 6) is 0. The summed E-state index contributed by atoms with van der Waals surface area (Å²) in [7, 11) is 2.25. The van der Waals surface area contributed by atoms with Crippen molar-refractivity contribution in [3.63, 3.8) is 0 Å². The molecule has 1 heterocycles. The zero-order chi connectivity index (χ0) is 15.1. The molecule has 1 fully saturated rings. The van der Waals surface area contributed by atoms with Gasteiger partial charge in [0.05, 0.1) is 11.2 Å². The van der Waals surface area contributed by atoms with Crippen LogP contribution in [-0.4, -0.2) is 36.1 Å². The maximum Gasteiger partial charge on any atom is 0.0795 e. The minimum absolute atomic E-state index is 0.450. The van der Waals surface area contributed by atoms with E-state index in [2.05, 4.69) is 41.5 Å². The van der Waals surface area contributed by atoms with Crippen LogP contribution >= 0.6 is 11.3 Å². The summed E-state index contributed by atoms with van der Waals surface area (Å²) >= 11 is 1.69. The Morgan fingerprint density at radius 1 is 1.29 bits per heavy atom. The van der Waals surface area contributed by atoms with Crippen molar-refractivity contribution >= 4 is 11.3 Å². The molecule has 1 aliphatic rings. The third kappa shape index (κ3) is 5.68. The number of nitrogens with zero attached hydrogens (tertiary/aromatic N) is 2. The van der Waals surface area contributed by atoms with Crippen molar-refractivity contribution in [2.75, 3.05) is 20.1 Å². The molecule has 0 aliphatic heterocycles. The van der Waals surface area contributed by atoms with E-state index in [1.165, 1.54) is 50.8 Å². The Labute approximate surface area is 134 Å². The highest BCUT2D eigenvalue weighted by atomic mass is 32.1. The van der Waals surface area contributed by atoms with Gasteiger partial charge in [-0.25, -0.2) is 4.98 Å². The molecule has 120 valence electrons. The van der Waals surface area contributed by atoms with E-state index in [1.807, 2.05) is 5.51 Å². The van der Waals surface area contributed by atoms with E-state index in [1.54, 1.807) is 11.3 Å². The third-order valence-electron chi connectivity index (χ3n) is 4.57. The SMILES string of the molecule is CC(C)NCC1(CN(C)Cc2cscn2)CCCCCC1. The number of aromatic nitrogens is 1. The average Bonchev–Trinajstić information content (AvgIpc) is 2.82. The highest BCUT2D eigenvalue weighted by molar-refractivity contribution is 7.07. The van der Waals surface area contributed by atoms with Crippen molar-refractivity contribution in [1.29, 1.82) is 0 Å². The molecule has 1 aromatic heterocycles. The van der Waals surface area contributed by atoms with Crippen molar-refractivity contribution in [3.8, 4) is 0 Å². The van der Waals surface area contributed by atoms with Crippen molar-refractivity contribution in [3.05, 3.63) is 16.6 Å². The molecular weight excluding hydrogens is 278 g/mol. The maximum atomic E-state index is 4.43. The van der Waals surface area contributed by atoms with E-state index in [-0.39, 0.29) is 0 Å². The molecule has 1 aliphatic carbocycles. The lowest BCUT2D eigenvalue weighted by molar-refractivity contribution is 0.138. The van der Waals surface area contributed by atoms with Gasteiger partial charge in [0.15, 0.2) is 0 Å². The Morgan fingerprint density at radius 2 is 2.00 bits per heavy atom. The highest BCUT2D eigenvalue weighted by Crippen LogP contribution is 2.35. The lowest BCUT2D eigenvalue weighted by Gasteiger charge is -2.37. The van der Waals surface area contributed by atoms with Gasteiger partial charge in [-0.1, -0.05) is 39.5 Å². The molecule has 0 aromatic carbocycles. The molecule has 3 nitrogen and oxygen atoms in total. The van der Waals surface area contributed by atoms with E-state index in [4.69, 9.17) is 0 Å². The van der Waals surface area contributed by atoms with E-state index in [0.717, 1.165) is 13.1 Å². The maximum absolute atomic E-state index is 4.43. The monoisotopic (exact) mass is 309 g/mol. The summed E-state index contributed by atoms with van der Waals surface area (Å²) in [4.78, 5) is 6.90. The van der Waals surface area contributed by atoms with Gasteiger partial charge in [-0.05, 0) is 25.3 Å². The van der Waals surface area contributed by atoms with Gasteiger partial charge < -0.3 is 5.32 Å². The van der Waals surface area contributed by atoms with Crippen LogP contribution in [0.4, 0.5) is 0 Å².